The molecule has 0 amide bonds. The van der Waals surface area contributed by atoms with Crippen LogP contribution in [-0.2, 0) is 6.42 Å². The number of benzene rings is 1. The highest BCUT2D eigenvalue weighted by Gasteiger charge is 2.11. The van der Waals surface area contributed by atoms with Crippen LogP contribution in [0.2, 0.25) is 0 Å². The normalized spacial score (nSPS) is 12.9. The molecular formula is C15H25N. The molecule has 0 spiro atoms. The van der Waals surface area contributed by atoms with Crippen molar-refractivity contribution in [2.24, 2.45) is 0 Å². The summed E-state index contributed by atoms with van der Waals surface area (Å²) >= 11 is 0. The Labute approximate surface area is 100 Å². The molecule has 0 aliphatic rings. The minimum atomic E-state index is 0.559. The monoisotopic (exact) mass is 219 g/mol. The summed E-state index contributed by atoms with van der Waals surface area (Å²) in [6, 6.07) is 2.86. The standard InChI is InChI=1S/C15H25N/c1-7-16-12(4)9-15-13(5)10(2)8-11(3)14(15)6/h8,12,16H,7,9H2,1-6H3. The van der Waals surface area contributed by atoms with Crippen molar-refractivity contribution in [3.63, 3.8) is 0 Å². The van der Waals surface area contributed by atoms with Crippen molar-refractivity contribution in [1.29, 1.82) is 0 Å². The number of aryl methyl sites for hydroxylation is 2. The Hall–Kier alpha value is -0.820. The lowest BCUT2D eigenvalue weighted by Gasteiger charge is -2.19. The van der Waals surface area contributed by atoms with Crippen LogP contribution in [-0.4, -0.2) is 12.6 Å². The molecule has 1 rings (SSSR count). The van der Waals surface area contributed by atoms with Gasteiger partial charge in [0, 0.05) is 6.04 Å². The van der Waals surface area contributed by atoms with Crippen LogP contribution in [0.5, 0.6) is 0 Å². The molecular weight excluding hydrogens is 194 g/mol. The van der Waals surface area contributed by atoms with Gasteiger partial charge in [0.05, 0.1) is 0 Å². The van der Waals surface area contributed by atoms with Crippen LogP contribution in [0.3, 0.4) is 0 Å². The van der Waals surface area contributed by atoms with E-state index < -0.39 is 0 Å². The number of rotatable bonds is 4. The summed E-state index contributed by atoms with van der Waals surface area (Å²) in [5, 5.41) is 3.49. The van der Waals surface area contributed by atoms with Crippen molar-refractivity contribution in [3.8, 4) is 0 Å². The number of hydrogen-bond donors (Lipinski definition) is 1. The van der Waals surface area contributed by atoms with Crippen LogP contribution >= 0.6 is 0 Å². The minimum absolute atomic E-state index is 0.559. The van der Waals surface area contributed by atoms with E-state index in [1.165, 1.54) is 27.8 Å². The Morgan fingerprint density at radius 1 is 1.06 bits per heavy atom. The molecule has 0 saturated heterocycles. The van der Waals surface area contributed by atoms with E-state index in [1.807, 2.05) is 0 Å². The van der Waals surface area contributed by atoms with Crippen molar-refractivity contribution in [3.05, 3.63) is 33.9 Å². The second-order valence-electron chi connectivity index (χ2n) is 4.90. The van der Waals surface area contributed by atoms with Gasteiger partial charge in [-0.1, -0.05) is 13.0 Å². The van der Waals surface area contributed by atoms with Crippen LogP contribution in [0.25, 0.3) is 0 Å². The molecule has 0 bridgehead atoms. The molecule has 1 unspecified atom stereocenters. The molecule has 1 heteroatoms. The van der Waals surface area contributed by atoms with Gasteiger partial charge in [-0.15, -0.1) is 0 Å². The summed E-state index contributed by atoms with van der Waals surface area (Å²) in [5.41, 5.74) is 7.30. The maximum atomic E-state index is 3.49. The highest BCUT2D eigenvalue weighted by atomic mass is 14.9. The lowest BCUT2D eigenvalue weighted by molar-refractivity contribution is 0.562. The predicted molar refractivity (Wildman–Crippen MR) is 72.2 cm³/mol. The quantitative estimate of drug-likeness (QED) is 0.817. The van der Waals surface area contributed by atoms with E-state index in [0.717, 1.165) is 13.0 Å². The third-order valence-corrected chi connectivity index (χ3v) is 3.58. The molecule has 0 aliphatic heterocycles. The molecule has 16 heavy (non-hydrogen) atoms. The maximum absolute atomic E-state index is 3.49. The Kier molecular flexibility index (Phi) is 4.55. The molecule has 0 aromatic heterocycles. The molecule has 0 aliphatic carbocycles. The van der Waals surface area contributed by atoms with Crippen molar-refractivity contribution < 1.29 is 0 Å². The van der Waals surface area contributed by atoms with E-state index in [1.54, 1.807) is 0 Å². The molecule has 1 aromatic carbocycles. The van der Waals surface area contributed by atoms with Gasteiger partial charge in [-0.25, -0.2) is 0 Å². The average molecular weight is 219 g/mol. The maximum Gasteiger partial charge on any atom is 0.00792 e. The van der Waals surface area contributed by atoms with Crippen LogP contribution in [0.4, 0.5) is 0 Å². The summed E-state index contributed by atoms with van der Waals surface area (Å²) in [7, 11) is 0. The Bertz CT molecular complexity index is 340. The molecule has 0 saturated carbocycles. The molecule has 0 fully saturated rings. The van der Waals surface area contributed by atoms with Crippen LogP contribution in [0.15, 0.2) is 6.07 Å². The lowest BCUT2D eigenvalue weighted by atomic mass is 9.90. The fourth-order valence-corrected chi connectivity index (χ4v) is 2.33. The number of hydrogen-bond acceptors (Lipinski definition) is 1. The van der Waals surface area contributed by atoms with Gasteiger partial charge in [0.2, 0.25) is 0 Å². The van der Waals surface area contributed by atoms with Gasteiger partial charge in [0.15, 0.2) is 0 Å². The van der Waals surface area contributed by atoms with Gasteiger partial charge < -0.3 is 5.32 Å². The van der Waals surface area contributed by atoms with E-state index in [4.69, 9.17) is 0 Å². The van der Waals surface area contributed by atoms with Crippen molar-refractivity contribution >= 4 is 0 Å². The van der Waals surface area contributed by atoms with Gasteiger partial charge in [0.1, 0.15) is 0 Å². The molecule has 0 heterocycles. The molecule has 1 N–H and O–H groups in total. The molecule has 0 radical (unpaired) electrons. The van der Waals surface area contributed by atoms with E-state index in [2.05, 4.69) is 52.9 Å². The summed E-state index contributed by atoms with van der Waals surface area (Å²) in [6.45, 7) is 14.4. The second kappa shape index (κ2) is 5.49. The third kappa shape index (κ3) is 2.85. The molecule has 1 nitrogen and oxygen atoms in total. The van der Waals surface area contributed by atoms with E-state index >= 15 is 0 Å². The minimum Gasteiger partial charge on any atom is -0.314 e. The molecule has 1 aromatic rings. The van der Waals surface area contributed by atoms with Crippen LogP contribution < -0.4 is 5.32 Å². The first-order valence-corrected chi connectivity index (χ1v) is 6.27. The Morgan fingerprint density at radius 3 is 2.00 bits per heavy atom. The first-order chi connectivity index (χ1) is 7.47. The third-order valence-electron chi connectivity index (χ3n) is 3.58. The average Bonchev–Trinajstić information content (AvgIpc) is 2.22. The lowest BCUT2D eigenvalue weighted by Crippen LogP contribution is -2.28. The Morgan fingerprint density at radius 2 is 1.56 bits per heavy atom. The summed E-state index contributed by atoms with van der Waals surface area (Å²) in [5.74, 6) is 0. The van der Waals surface area contributed by atoms with Gasteiger partial charge in [0.25, 0.3) is 0 Å². The first kappa shape index (κ1) is 13.2. The van der Waals surface area contributed by atoms with Gasteiger partial charge in [-0.3, -0.25) is 0 Å². The zero-order valence-electron chi connectivity index (χ0n) is 11.6. The van der Waals surface area contributed by atoms with Gasteiger partial charge >= 0.3 is 0 Å². The molecule has 1 atom stereocenters. The van der Waals surface area contributed by atoms with Crippen molar-refractivity contribution in [1.82, 2.24) is 5.32 Å². The number of likely N-dealkylation sites (N-methyl/N-ethyl adjacent to an activating group) is 1. The second-order valence-corrected chi connectivity index (χ2v) is 4.90. The first-order valence-electron chi connectivity index (χ1n) is 6.27. The zero-order valence-corrected chi connectivity index (χ0v) is 11.6. The zero-order chi connectivity index (χ0) is 12.3. The topological polar surface area (TPSA) is 12.0 Å². The number of nitrogens with one attached hydrogen (secondary N) is 1. The summed E-state index contributed by atoms with van der Waals surface area (Å²) < 4.78 is 0. The SMILES string of the molecule is CCNC(C)Cc1c(C)c(C)cc(C)c1C. The molecule has 90 valence electrons. The highest BCUT2D eigenvalue weighted by molar-refractivity contribution is 5.44. The van der Waals surface area contributed by atoms with Gasteiger partial charge in [-0.05, 0) is 75.4 Å². The summed E-state index contributed by atoms with van der Waals surface area (Å²) in [6.07, 6.45) is 1.13. The van der Waals surface area contributed by atoms with Crippen LogP contribution in [0, 0.1) is 27.7 Å². The van der Waals surface area contributed by atoms with E-state index in [-0.39, 0.29) is 0 Å². The summed E-state index contributed by atoms with van der Waals surface area (Å²) in [4.78, 5) is 0. The van der Waals surface area contributed by atoms with Crippen molar-refractivity contribution in [2.45, 2.75) is 54.0 Å². The fraction of sp³-hybridized carbons (Fsp3) is 0.600. The fourth-order valence-electron chi connectivity index (χ4n) is 2.33. The van der Waals surface area contributed by atoms with E-state index in [9.17, 15) is 0 Å². The van der Waals surface area contributed by atoms with Crippen molar-refractivity contribution in [2.75, 3.05) is 6.54 Å². The predicted octanol–water partition coefficient (Wildman–Crippen LogP) is 3.46. The highest BCUT2D eigenvalue weighted by Crippen LogP contribution is 2.22. The largest absolute Gasteiger partial charge is 0.314 e. The smallest absolute Gasteiger partial charge is 0.00792 e. The van der Waals surface area contributed by atoms with Crippen LogP contribution in [0.1, 0.15) is 41.7 Å². The Balaban J connectivity index is 3.03. The van der Waals surface area contributed by atoms with E-state index in [0.29, 0.717) is 6.04 Å². The van der Waals surface area contributed by atoms with Gasteiger partial charge in [-0.2, -0.15) is 0 Å².